The van der Waals surface area contributed by atoms with E-state index < -0.39 is 0 Å². The summed E-state index contributed by atoms with van der Waals surface area (Å²) in [5.74, 6) is 1.48. The number of aryl methyl sites for hydroxylation is 2. The van der Waals surface area contributed by atoms with E-state index in [0.717, 1.165) is 17.1 Å². The molecule has 18 heavy (non-hydrogen) atoms. The van der Waals surface area contributed by atoms with E-state index in [1.54, 1.807) is 18.0 Å². The predicted octanol–water partition coefficient (Wildman–Crippen LogP) is 2.88. The lowest BCUT2D eigenvalue weighted by Crippen LogP contribution is -2.00. The van der Waals surface area contributed by atoms with Crippen molar-refractivity contribution in [1.29, 1.82) is 0 Å². The summed E-state index contributed by atoms with van der Waals surface area (Å²) in [7, 11) is 0. The molecule has 0 bridgehead atoms. The molecule has 0 spiro atoms. The topological polar surface area (TPSA) is 46.0 Å². The molecule has 3 nitrogen and oxygen atoms in total. The Morgan fingerprint density at radius 3 is 2.67 bits per heavy atom. The van der Waals surface area contributed by atoms with Gasteiger partial charge in [0.15, 0.2) is 0 Å². The lowest BCUT2D eigenvalue weighted by Gasteiger charge is -2.06. The number of nitrogens with zero attached hydrogens (tertiary/aromatic N) is 2. The van der Waals surface area contributed by atoms with Crippen LogP contribution in [0.1, 0.15) is 22.6 Å². The Kier molecular flexibility index (Phi) is 4.33. The summed E-state index contributed by atoms with van der Waals surface area (Å²) in [4.78, 5) is 9.88. The minimum absolute atomic E-state index is 0.0314. The summed E-state index contributed by atoms with van der Waals surface area (Å²) < 4.78 is 0. The highest BCUT2D eigenvalue weighted by Gasteiger charge is 2.04. The van der Waals surface area contributed by atoms with E-state index in [9.17, 15) is 5.11 Å². The minimum Gasteiger partial charge on any atom is -0.390 e. The van der Waals surface area contributed by atoms with Crippen molar-refractivity contribution in [3.63, 3.8) is 0 Å². The molecule has 94 valence electrons. The van der Waals surface area contributed by atoms with Gasteiger partial charge in [-0.15, -0.1) is 11.8 Å². The minimum atomic E-state index is -0.0314. The average molecular weight is 260 g/mol. The quantitative estimate of drug-likeness (QED) is 0.859. The first-order chi connectivity index (χ1) is 8.70. The standard InChI is InChI=1S/C14H16N2OS/c1-10-5-3-4-6-13(10)18-9-14-15-7-11(2)12(8-17)16-14/h3-7,17H,8-9H2,1-2H3. The fraction of sp³-hybridized carbons (Fsp3) is 0.286. The van der Waals surface area contributed by atoms with Crippen molar-refractivity contribution in [2.75, 3.05) is 0 Å². The number of aliphatic hydroxyl groups is 1. The highest BCUT2D eigenvalue weighted by atomic mass is 32.2. The first-order valence-electron chi connectivity index (χ1n) is 5.81. The molecule has 0 radical (unpaired) electrons. The van der Waals surface area contributed by atoms with E-state index in [2.05, 4.69) is 29.0 Å². The maximum absolute atomic E-state index is 9.18. The maximum Gasteiger partial charge on any atom is 0.138 e. The molecule has 0 atom stereocenters. The summed E-state index contributed by atoms with van der Waals surface area (Å²) in [5.41, 5.74) is 2.91. The van der Waals surface area contributed by atoms with Crippen LogP contribution in [0, 0.1) is 13.8 Å². The zero-order valence-electron chi connectivity index (χ0n) is 10.6. The van der Waals surface area contributed by atoms with Gasteiger partial charge < -0.3 is 5.11 Å². The molecule has 0 aliphatic rings. The number of hydrogen-bond donors (Lipinski definition) is 1. The zero-order chi connectivity index (χ0) is 13.0. The molecule has 0 aliphatic heterocycles. The largest absolute Gasteiger partial charge is 0.390 e. The molecule has 0 saturated heterocycles. The Labute approximate surface area is 111 Å². The molecule has 0 amide bonds. The van der Waals surface area contributed by atoms with Crippen LogP contribution in [-0.4, -0.2) is 15.1 Å². The van der Waals surface area contributed by atoms with Gasteiger partial charge in [-0.05, 0) is 31.0 Å². The Balaban J connectivity index is 2.09. The van der Waals surface area contributed by atoms with Gasteiger partial charge in [-0.2, -0.15) is 0 Å². The van der Waals surface area contributed by atoms with Crippen LogP contribution in [0.3, 0.4) is 0 Å². The zero-order valence-corrected chi connectivity index (χ0v) is 11.4. The van der Waals surface area contributed by atoms with Gasteiger partial charge in [-0.3, -0.25) is 0 Å². The first-order valence-corrected chi connectivity index (χ1v) is 6.80. The summed E-state index contributed by atoms with van der Waals surface area (Å²) in [6.07, 6.45) is 1.77. The molecule has 2 rings (SSSR count). The van der Waals surface area contributed by atoms with Gasteiger partial charge in [0.2, 0.25) is 0 Å². The van der Waals surface area contributed by atoms with E-state index in [-0.39, 0.29) is 6.61 Å². The highest BCUT2D eigenvalue weighted by molar-refractivity contribution is 7.98. The third kappa shape index (κ3) is 3.09. The van der Waals surface area contributed by atoms with Crippen LogP contribution in [0.2, 0.25) is 0 Å². The summed E-state index contributed by atoms with van der Waals surface area (Å²) >= 11 is 1.72. The smallest absolute Gasteiger partial charge is 0.138 e. The molecule has 4 heteroatoms. The summed E-state index contributed by atoms with van der Waals surface area (Å²) in [5, 5.41) is 9.18. The molecule has 0 saturated carbocycles. The van der Waals surface area contributed by atoms with Gasteiger partial charge in [0.25, 0.3) is 0 Å². The molecule has 0 fully saturated rings. The van der Waals surface area contributed by atoms with Crippen molar-refractivity contribution in [1.82, 2.24) is 9.97 Å². The van der Waals surface area contributed by atoms with Gasteiger partial charge in [-0.1, -0.05) is 18.2 Å². The van der Waals surface area contributed by atoms with E-state index in [4.69, 9.17) is 0 Å². The molecule has 1 aromatic heterocycles. The normalized spacial score (nSPS) is 10.6. The Bertz CT molecular complexity index is 543. The lowest BCUT2D eigenvalue weighted by molar-refractivity contribution is 0.275. The van der Waals surface area contributed by atoms with Crippen LogP contribution in [0.4, 0.5) is 0 Å². The fourth-order valence-corrected chi connectivity index (χ4v) is 2.50. The second kappa shape index (κ2) is 5.98. The van der Waals surface area contributed by atoms with E-state index in [1.165, 1.54) is 10.5 Å². The number of aliphatic hydroxyl groups excluding tert-OH is 1. The molecule has 2 aromatic rings. The number of benzene rings is 1. The van der Waals surface area contributed by atoms with Crippen molar-refractivity contribution in [3.8, 4) is 0 Å². The van der Waals surface area contributed by atoms with Crippen LogP contribution in [0.5, 0.6) is 0 Å². The first kappa shape index (κ1) is 13.1. The second-order valence-electron chi connectivity index (χ2n) is 4.13. The van der Waals surface area contributed by atoms with Crippen molar-refractivity contribution in [2.45, 2.75) is 31.1 Å². The van der Waals surface area contributed by atoms with Gasteiger partial charge in [0.1, 0.15) is 5.82 Å². The maximum atomic E-state index is 9.18. The van der Waals surface area contributed by atoms with Crippen molar-refractivity contribution >= 4 is 11.8 Å². The number of hydrogen-bond acceptors (Lipinski definition) is 4. The van der Waals surface area contributed by atoms with E-state index in [1.807, 2.05) is 19.1 Å². The molecule has 1 aromatic carbocycles. The van der Waals surface area contributed by atoms with Gasteiger partial charge in [-0.25, -0.2) is 9.97 Å². The second-order valence-corrected chi connectivity index (χ2v) is 5.15. The SMILES string of the molecule is Cc1ccccc1SCc1ncc(C)c(CO)n1. The van der Waals surface area contributed by atoms with Gasteiger partial charge in [0, 0.05) is 11.1 Å². The van der Waals surface area contributed by atoms with Crippen LogP contribution in [0.15, 0.2) is 35.4 Å². The molecule has 0 aliphatic carbocycles. The van der Waals surface area contributed by atoms with E-state index >= 15 is 0 Å². The lowest BCUT2D eigenvalue weighted by atomic mass is 10.2. The third-order valence-corrected chi connectivity index (χ3v) is 3.90. The molecule has 1 heterocycles. The number of thioether (sulfide) groups is 1. The Morgan fingerprint density at radius 1 is 1.17 bits per heavy atom. The van der Waals surface area contributed by atoms with Crippen LogP contribution < -0.4 is 0 Å². The molecule has 0 unspecified atom stereocenters. The monoisotopic (exact) mass is 260 g/mol. The summed E-state index contributed by atoms with van der Waals surface area (Å²) in [6, 6.07) is 8.26. The van der Waals surface area contributed by atoms with Crippen molar-refractivity contribution in [2.24, 2.45) is 0 Å². The van der Waals surface area contributed by atoms with E-state index in [0.29, 0.717) is 5.69 Å². The molecule has 1 N–H and O–H groups in total. The Hall–Kier alpha value is -1.39. The molecular formula is C14H16N2OS. The predicted molar refractivity (Wildman–Crippen MR) is 73.4 cm³/mol. The number of aromatic nitrogens is 2. The highest BCUT2D eigenvalue weighted by Crippen LogP contribution is 2.24. The van der Waals surface area contributed by atoms with Crippen LogP contribution in [-0.2, 0) is 12.4 Å². The van der Waals surface area contributed by atoms with Gasteiger partial charge >= 0.3 is 0 Å². The van der Waals surface area contributed by atoms with Crippen LogP contribution in [0.25, 0.3) is 0 Å². The third-order valence-electron chi connectivity index (χ3n) is 2.73. The molecular weight excluding hydrogens is 244 g/mol. The Morgan fingerprint density at radius 2 is 1.94 bits per heavy atom. The van der Waals surface area contributed by atoms with Crippen molar-refractivity contribution < 1.29 is 5.11 Å². The fourth-order valence-electron chi connectivity index (χ4n) is 1.61. The van der Waals surface area contributed by atoms with Gasteiger partial charge in [0.05, 0.1) is 18.1 Å². The summed E-state index contributed by atoms with van der Waals surface area (Å²) in [6.45, 7) is 3.97. The number of rotatable bonds is 4. The van der Waals surface area contributed by atoms with Crippen LogP contribution >= 0.6 is 11.8 Å². The average Bonchev–Trinajstić information content (AvgIpc) is 2.39. The van der Waals surface area contributed by atoms with Crippen molar-refractivity contribution in [3.05, 3.63) is 53.1 Å².